The van der Waals surface area contributed by atoms with Crippen molar-refractivity contribution < 1.29 is 9.90 Å². The molecule has 1 aromatic heterocycles. The third-order valence-corrected chi connectivity index (χ3v) is 3.47. The Bertz CT molecular complexity index is 704. The molecule has 1 amide bonds. The first-order valence-corrected chi connectivity index (χ1v) is 8.44. The van der Waals surface area contributed by atoms with Crippen LogP contribution in [0.1, 0.15) is 45.0 Å². The highest BCUT2D eigenvalue weighted by Gasteiger charge is 2.18. The number of aliphatic imine (C=N–C) groups is 1. The Balaban J connectivity index is 3.23. The van der Waals surface area contributed by atoms with Crippen molar-refractivity contribution in [2.45, 2.75) is 40.2 Å². The lowest BCUT2D eigenvalue weighted by atomic mass is 10.1. The SMILES string of the molecule is C=CCNC(=O)c1cnc(NCC)nc1NC(=C/C)/N=C(\C)C(C)(C)O. The largest absolute Gasteiger partial charge is 0.385 e. The number of aliphatic hydroxyl groups is 1. The monoisotopic (exact) mass is 360 g/mol. The van der Waals surface area contributed by atoms with Crippen LogP contribution >= 0.6 is 0 Å². The molecule has 0 saturated carbocycles. The van der Waals surface area contributed by atoms with Crippen molar-refractivity contribution in [2.75, 3.05) is 23.7 Å². The summed E-state index contributed by atoms with van der Waals surface area (Å²) in [6, 6.07) is 0. The highest BCUT2D eigenvalue weighted by Crippen LogP contribution is 2.18. The van der Waals surface area contributed by atoms with Crippen LogP contribution in [-0.4, -0.2) is 45.4 Å². The van der Waals surface area contributed by atoms with Gasteiger partial charge in [0.25, 0.3) is 5.91 Å². The first-order valence-electron chi connectivity index (χ1n) is 8.44. The van der Waals surface area contributed by atoms with Crippen molar-refractivity contribution in [1.82, 2.24) is 15.3 Å². The average molecular weight is 360 g/mol. The van der Waals surface area contributed by atoms with E-state index in [0.29, 0.717) is 36.4 Å². The molecule has 0 aliphatic rings. The summed E-state index contributed by atoms with van der Waals surface area (Å²) < 4.78 is 0. The zero-order valence-electron chi connectivity index (χ0n) is 16.1. The minimum Gasteiger partial charge on any atom is -0.385 e. The number of nitrogens with one attached hydrogen (secondary N) is 3. The summed E-state index contributed by atoms with van der Waals surface area (Å²) >= 11 is 0. The number of amides is 1. The Morgan fingerprint density at radius 1 is 1.46 bits per heavy atom. The fourth-order valence-electron chi connectivity index (χ4n) is 1.75. The number of anilines is 2. The van der Waals surface area contributed by atoms with Crippen molar-refractivity contribution >= 4 is 23.4 Å². The maximum atomic E-state index is 12.4. The van der Waals surface area contributed by atoms with E-state index in [1.54, 1.807) is 39.8 Å². The molecule has 0 aliphatic carbocycles. The molecule has 0 atom stereocenters. The van der Waals surface area contributed by atoms with E-state index >= 15 is 0 Å². The van der Waals surface area contributed by atoms with E-state index in [4.69, 9.17) is 0 Å². The molecule has 142 valence electrons. The Kier molecular flexibility index (Phi) is 7.92. The molecule has 0 radical (unpaired) electrons. The van der Waals surface area contributed by atoms with Gasteiger partial charge in [0.15, 0.2) is 0 Å². The maximum absolute atomic E-state index is 12.4. The number of carbonyl (C=O) groups is 1. The maximum Gasteiger partial charge on any atom is 0.256 e. The van der Waals surface area contributed by atoms with Crippen molar-refractivity contribution in [2.24, 2.45) is 4.99 Å². The first-order chi connectivity index (χ1) is 12.2. The highest BCUT2D eigenvalue weighted by atomic mass is 16.3. The topological polar surface area (TPSA) is 112 Å². The number of nitrogens with zero attached hydrogens (tertiary/aromatic N) is 3. The van der Waals surface area contributed by atoms with Crippen LogP contribution in [0, 0.1) is 0 Å². The predicted molar refractivity (Wildman–Crippen MR) is 106 cm³/mol. The summed E-state index contributed by atoms with van der Waals surface area (Å²) in [5, 5.41) is 18.8. The van der Waals surface area contributed by atoms with Gasteiger partial charge in [-0.05, 0) is 40.7 Å². The van der Waals surface area contributed by atoms with Gasteiger partial charge in [-0.3, -0.25) is 4.79 Å². The summed E-state index contributed by atoms with van der Waals surface area (Å²) in [6.45, 7) is 13.3. The molecule has 0 aliphatic heterocycles. The van der Waals surface area contributed by atoms with Gasteiger partial charge in [0.05, 0.1) is 5.60 Å². The lowest BCUT2D eigenvalue weighted by Crippen LogP contribution is -2.29. The Labute approximate surface area is 154 Å². The minimum absolute atomic E-state index is 0.281. The standard InChI is InChI=1S/C18H28N6O2/c1-7-10-20-16(25)13-11-21-17(19-9-3)24-15(13)23-14(8-2)22-12(4)18(5,6)26/h7-8,11,26H,1,9-10H2,2-6H3,(H,20,25)(H2,19,21,23,24)/b14-8+,22-12+. The minimum atomic E-state index is -1.05. The van der Waals surface area contributed by atoms with Crippen LogP contribution < -0.4 is 16.0 Å². The molecule has 0 bridgehead atoms. The molecule has 1 heterocycles. The molecule has 0 aromatic carbocycles. The van der Waals surface area contributed by atoms with Gasteiger partial charge in [0.2, 0.25) is 5.95 Å². The fourth-order valence-corrected chi connectivity index (χ4v) is 1.75. The number of carbonyl (C=O) groups excluding carboxylic acids is 1. The zero-order valence-corrected chi connectivity index (χ0v) is 16.1. The summed E-state index contributed by atoms with van der Waals surface area (Å²) in [5.41, 5.74) is -0.249. The Morgan fingerprint density at radius 2 is 2.15 bits per heavy atom. The average Bonchev–Trinajstić information content (AvgIpc) is 2.58. The molecule has 8 heteroatoms. The van der Waals surface area contributed by atoms with Crippen molar-refractivity contribution in [1.29, 1.82) is 0 Å². The van der Waals surface area contributed by atoms with Crippen LogP contribution in [0.3, 0.4) is 0 Å². The molecule has 1 rings (SSSR count). The number of rotatable bonds is 9. The van der Waals surface area contributed by atoms with Gasteiger partial charge in [-0.1, -0.05) is 6.08 Å². The molecule has 0 unspecified atom stereocenters. The predicted octanol–water partition coefficient (Wildman–Crippen LogP) is 2.33. The van der Waals surface area contributed by atoms with Gasteiger partial charge < -0.3 is 21.1 Å². The van der Waals surface area contributed by atoms with Crippen LogP contribution in [-0.2, 0) is 0 Å². The van der Waals surface area contributed by atoms with E-state index in [0.717, 1.165) is 0 Å². The molecule has 26 heavy (non-hydrogen) atoms. The van der Waals surface area contributed by atoms with E-state index in [2.05, 4.69) is 37.5 Å². The third-order valence-electron chi connectivity index (χ3n) is 3.47. The fraction of sp³-hybridized carbons (Fsp3) is 0.444. The van der Waals surface area contributed by atoms with E-state index in [-0.39, 0.29) is 11.5 Å². The lowest BCUT2D eigenvalue weighted by molar-refractivity contribution is 0.0958. The second-order valence-corrected chi connectivity index (χ2v) is 6.04. The number of hydrogen-bond donors (Lipinski definition) is 4. The van der Waals surface area contributed by atoms with E-state index in [1.165, 1.54) is 6.20 Å². The zero-order chi connectivity index (χ0) is 19.7. The van der Waals surface area contributed by atoms with Crippen LogP contribution in [0.5, 0.6) is 0 Å². The van der Waals surface area contributed by atoms with Gasteiger partial charge in [-0.15, -0.1) is 6.58 Å². The molecular formula is C18H28N6O2. The van der Waals surface area contributed by atoms with Crippen LogP contribution in [0.25, 0.3) is 0 Å². The molecule has 0 fully saturated rings. The number of allylic oxidation sites excluding steroid dienone is 1. The first kappa shape index (κ1) is 21.3. The molecule has 0 saturated heterocycles. The van der Waals surface area contributed by atoms with E-state index < -0.39 is 5.60 Å². The number of aromatic nitrogens is 2. The highest BCUT2D eigenvalue weighted by molar-refractivity contribution is 5.99. The molecule has 0 spiro atoms. The van der Waals surface area contributed by atoms with Crippen molar-refractivity contribution in [3.8, 4) is 0 Å². The summed E-state index contributed by atoms with van der Waals surface area (Å²) in [7, 11) is 0. The normalized spacial score (nSPS) is 12.5. The van der Waals surface area contributed by atoms with Gasteiger partial charge in [-0.2, -0.15) is 4.98 Å². The smallest absolute Gasteiger partial charge is 0.256 e. The van der Waals surface area contributed by atoms with Crippen molar-refractivity contribution in [3.63, 3.8) is 0 Å². The summed E-state index contributed by atoms with van der Waals surface area (Å²) in [5.74, 6) is 0.851. The Morgan fingerprint density at radius 3 is 2.69 bits per heavy atom. The van der Waals surface area contributed by atoms with Crippen LogP contribution in [0.2, 0.25) is 0 Å². The molecule has 8 nitrogen and oxygen atoms in total. The summed E-state index contributed by atoms with van der Waals surface area (Å²) in [6.07, 6.45) is 4.77. The Hall–Kier alpha value is -2.74. The number of hydrogen-bond acceptors (Lipinski definition) is 7. The lowest BCUT2D eigenvalue weighted by Gasteiger charge is -2.18. The molecule has 1 aromatic rings. The van der Waals surface area contributed by atoms with Crippen LogP contribution in [0.15, 0.2) is 35.7 Å². The van der Waals surface area contributed by atoms with Crippen molar-refractivity contribution in [3.05, 3.63) is 36.3 Å². The third kappa shape index (κ3) is 6.29. The second-order valence-electron chi connectivity index (χ2n) is 6.04. The summed E-state index contributed by atoms with van der Waals surface area (Å²) in [4.78, 5) is 25.2. The van der Waals surface area contributed by atoms with Gasteiger partial charge in [-0.25, -0.2) is 9.98 Å². The van der Waals surface area contributed by atoms with Gasteiger partial charge in [0, 0.05) is 25.0 Å². The quantitative estimate of drug-likeness (QED) is 0.397. The van der Waals surface area contributed by atoms with E-state index in [9.17, 15) is 9.90 Å². The second kappa shape index (κ2) is 9.67. The van der Waals surface area contributed by atoms with E-state index in [1.807, 2.05) is 6.92 Å². The van der Waals surface area contributed by atoms with Crippen LogP contribution in [0.4, 0.5) is 11.8 Å². The van der Waals surface area contributed by atoms with Gasteiger partial charge in [0.1, 0.15) is 17.2 Å². The molecule has 4 N–H and O–H groups in total. The molecular weight excluding hydrogens is 332 g/mol. The van der Waals surface area contributed by atoms with Gasteiger partial charge >= 0.3 is 0 Å².